The molecule has 3 aromatic heterocycles. The van der Waals surface area contributed by atoms with Gasteiger partial charge in [0.15, 0.2) is 0 Å². The maximum atomic E-state index is 14.4. The van der Waals surface area contributed by atoms with Crippen molar-refractivity contribution < 1.29 is 9.18 Å². The van der Waals surface area contributed by atoms with E-state index in [2.05, 4.69) is 20.6 Å². The number of pyridine rings is 2. The third-order valence-corrected chi connectivity index (χ3v) is 5.93. The summed E-state index contributed by atoms with van der Waals surface area (Å²) in [5.41, 5.74) is 4.28. The lowest BCUT2D eigenvalue weighted by atomic mass is 10.0. The molecule has 0 aliphatic heterocycles. The van der Waals surface area contributed by atoms with E-state index in [9.17, 15) is 14.0 Å². The Morgan fingerprint density at radius 2 is 1.82 bits per heavy atom. The van der Waals surface area contributed by atoms with Gasteiger partial charge in [-0.05, 0) is 48.9 Å². The van der Waals surface area contributed by atoms with Crippen LogP contribution in [0.1, 0.15) is 5.56 Å². The van der Waals surface area contributed by atoms with E-state index in [1.165, 1.54) is 22.2 Å². The summed E-state index contributed by atoms with van der Waals surface area (Å²) in [6.07, 6.45) is 3.32. The number of carbonyl (C=O) groups is 1. The molecule has 2 N–H and O–H groups in total. The van der Waals surface area contributed by atoms with Crippen LogP contribution in [0.2, 0.25) is 0 Å². The summed E-state index contributed by atoms with van der Waals surface area (Å²) >= 11 is 0. The van der Waals surface area contributed by atoms with Crippen molar-refractivity contribution in [3.05, 3.63) is 82.8 Å². The van der Waals surface area contributed by atoms with Gasteiger partial charge in [0.05, 0.1) is 28.4 Å². The van der Waals surface area contributed by atoms with E-state index in [4.69, 9.17) is 0 Å². The van der Waals surface area contributed by atoms with Gasteiger partial charge in [-0.3, -0.25) is 19.4 Å². The molecule has 5 aromatic rings. The van der Waals surface area contributed by atoms with Gasteiger partial charge in [0.1, 0.15) is 11.6 Å². The Morgan fingerprint density at radius 1 is 1.03 bits per heavy atom. The number of carbonyl (C=O) groups excluding carboxylic acids is 1. The molecule has 34 heavy (non-hydrogen) atoms. The zero-order valence-electron chi connectivity index (χ0n) is 18.8. The fourth-order valence-corrected chi connectivity index (χ4v) is 4.06. The number of imidazole rings is 1. The number of anilines is 1. The molecule has 0 saturated carbocycles. The molecule has 9 heteroatoms. The maximum Gasteiger partial charge on any atom is 0.333 e. The van der Waals surface area contributed by atoms with Crippen molar-refractivity contribution in [2.75, 3.05) is 12.4 Å². The molecule has 2 amide bonds. The van der Waals surface area contributed by atoms with Gasteiger partial charge in [-0.25, -0.2) is 19.0 Å². The van der Waals surface area contributed by atoms with Gasteiger partial charge in [-0.15, -0.1) is 0 Å². The molecule has 0 saturated heterocycles. The van der Waals surface area contributed by atoms with Crippen molar-refractivity contribution in [3.63, 3.8) is 0 Å². The molecule has 0 aliphatic rings. The van der Waals surface area contributed by atoms with E-state index in [-0.39, 0.29) is 17.5 Å². The van der Waals surface area contributed by atoms with Crippen LogP contribution in [0.25, 0.3) is 38.8 Å². The lowest BCUT2D eigenvalue weighted by molar-refractivity contribution is 0.254. The van der Waals surface area contributed by atoms with Crippen LogP contribution in [0.4, 0.5) is 15.0 Å². The highest BCUT2D eigenvalue weighted by molar-refractivity contribution is 6.04. The minimum atomic E-state index is -0.378. The zero-order valence-corrected chi connectivity index (χ0v) is 18.8. The molecule has 0 spiro atoms. The second-order valence-corrected chi connectivity index (χ2v) is 7.92. The number of hydrogen-bond acceptors (Lipinski definition) is 4. The fourth-order valence-electron chi connectivity index (χ4n) is 4.06. The quantitative estimate of drug-likeness (QED) is 0.427. The molecule has 3 heterocycles. The topological polar surface area (TPSA) is 93.8 Å². The molecule has 0 aliphatic carbocycles. The minimum Gasteiger partial charge on any atom is -0.341 e. The Hall–Kier alpha value is -4.53. The van der Waals surface area contributed by atoms with Crippen molar-refractivity contribution in [2.45, 2.75) is 6.92 Å². The lowest BCUT2D eigenvalue weighted by Crippen LogP contribution is -2.24. The largest absolute Gasteiger partial charge is 0.341 e. The summed E-state index contributed by atoms with van der Waals surface area (Å²) in [7, 11) is 3.21. The Kier molecular flexibility index (Phi) is 5.09. The van der Waals surface area contributed by atoms with Gasteiger partial charge in [0.2, 0.25) is 0 Å². The minimum absolute atomic E-state index is 0.283. The normalized spacial score (nSPS) is 11.2. The average molecular weight is 456 g/mol. The van der Waals surface area contributed by atoms with Crippen LogP contribution in [0.3, 0.4) is 0 Å². The number of fused-ring (bicyclic) bond motifs is 3. The molecule has 8 nitrogen and oxygen atoms in total. The SMILES string of the molecule is CNC(=O)Nc1ccc(-c2ccc3ncc4c(c3c2)n(-c2cccc(F)c2C)c(=O)n4C)cn1. The molecule has 170 valence electrons. The summed E-state index contributed by atoms with van der Waals surface area (Å²) < 4.78 is 17.4. The van der Waals surface area contributed by atoms with E-state index in [0.29, 0.717) is 33.6 Å². The molecule has 0 unspecified atom stereocenters. The Bertz CT molecular complexity index is 1640. The highest BCUT2D eigenvalue weighted by Gasteiger charge is 2.18. The zero-order chi connectivity index (χ0) is 24.0. The van der Waals surface area contributed by atoms with E-state index >= 15 is 0 Å². The Morgan fingerprint density at radius 3 is 2.56 bits per heavy atom. The monoisotopic (exact) mass is 456 g/mol. The number of hydrogen-bond donors (Lipinski definition) is 2. The highest BCUT2D eigenvalue weighted by Crippen LogP contribution is 2.30. The predicted octanol–water partition coefficient (Wildman–Crippen LogP) is 4.14. The number of urea groups is 1. The first kappa shape index (κ1) is 21.3. The Balaban J connectivity index is 1.73. The number of nitrogens with zero attached hydrogens (tertiary/aromatic N) is 4. The van der Waals surface area contributed by atoms with Gasteiger partial charge in [0, 0.05) is 36.8 Å². The fraction of sp³-hybridized carbons (Fsp3) is 0.120. The molecule has 0 fully saturated rings. The summed E-state index contributed by atoms with van der Waals surface area (Å²) in [4.78, 5) is 33.6. The van der Waals surface area contributed by atoms with Gasteiger partial charge in [-0.1, -0.05) is 12.1 Å². The third kappa shape index (κ3) is 3.38. The average Bonchev–Trinajstić information content (AvgIpc) is 3.11. The van der Waals surface area contributed by atoms with Crippen LogP contribution >= 0.6 is 0 Å². The standard InChI is InChI=1S/C25H21FN6O2/c1-14-18(26)5-4-6-20(14)32-23-17-11-15(16-8-10-22(29-12-16)30-24(33)27-2)7-9-19(17)28-13-21(23)31(3)25(32)34/h4-13H,1-3H3,(H2,27,29,30,33). The van der Waals surface area contributed by atoms with Crippen molar-refractivity contribution in [3.8, 4) is 16.8 Å². The van der Waals surface area contributed by atoms with Crippen molar-refractivity contribution >= 4 is 33.8 Å². The van der Waals surface area contributed by atoms with Crippen LogP contribution in [0, 0.1) is 12.7 Å². The van der Waals surface area contributed by atoms with Crippen LogP contribution in [0.15, 0.2) is 65.7 Å². The number of amides is 2. The van der Waals surface area contributed by atoms with Crippen molar-refractivity contribution in [1.82, 2.24) is 24.4 Å². The van der Waals surface area contributed by atoms with E-state index in [1.807, 2.05) is 24.3 Å². The van der Waals surface area contributed by atoms with Gasteiger partial charge in [-0.2, -0.15) is 0 Å². The lowest BCUT2D eigenvalue weighted by Gasteiger charge is -2.11. The summed E-state index contributed by atoms with van der Waals surface area (Å²) in [6.45, 7) is 1.66. The number of aryl methyl sites for hydroxylation is 1. The van der Waals surface area contributed by atoms with Crippen molar-refractivity contribution in [1.29, 1.82) is 0 Å². The first-order valence-corrected chi connectivity index (χ1v) is 10.6. The van der Waals surface area contributed by atoms with E-state index in [0.717, 1.165) is 16.5 Å². The second kappa shape index (κ2) is 8.11. The summed E-state index contributed by atoms with van der Waals surface area (Å²) in [6, 6.07) is 13.7. The van der Waals surface area contributed by atoms with Crippen LogP contribution in [-0.2, 0) is 7.05 Å². The number of aromatic nitrogens is 4. The van der Waals surface area contributed by atoms with Gasteiger partial charge in [0.25, 0.3) is 0 Å². The second-order valence-electron chi connectivity index (χ2n) is 7.92. The molecular formula is C25H21FN6O2. The molecule has 0 radical (unpaired) electrons. The predicted molar refractivity (Wildman–Crippen MR) is 130 cm³/mol. The molecular weight excluding hydrogens is 435 g/mol. The maximum absolute atomic E-state index is 14.4. The van der Waals surface area contributed by atoms with E-state index < -0.39 is 0 Å². The van der Waals surface area contributed by atoms with Crippen molar-refractivity contribution in [2.24, 2.45) is 7.05 Å². The van der Waals surface area contributed by atoms with Crippen LogP contribution in [0.5, 0.6) is 0 Å². The molecule has 5 rings (SSSR count). The highest BCUT2D eigenvalue weighted by atomic mass is 19.1. The number of nitrogens with one attached hydrogen (secondary N) is 2. The molecule has 0 atom stereocenters. The van der Waals surface area contributed by atoms with Gasteiger partial charge >= 0.3 is 11.7 Å². The first-order chi connectivity index (χ1) is 16.4. The smallest absolute Gasteiger partial charge is 0.333 e. The van der Waals surface area contributed by atoms with Crippen LogP contribution in [-0.4, -0.2) is 32.2 Å². The number of halogens is 1. The summed E-state index contributed by atoms with van der Waals surface area (Å²) in [5.74, 6) is 0.0448. The molecule has 2 aromatic carbocycles. The van der Waals surface area contributed by atoms with Gasteiger partial charge < -0.3 is 5.32 Å². The Labute approximate surface area is 193 Å². The number of rotatable bonds is 3. The van der Waals surface area contributed by atoms with Crippen LogP contribution < -0.4 is 16.3 Å². The summed E-state index contributed by atoms with van der Waals surface area (Å²) in [5, 5.41) is 5.86. The number of benzene rings is 2. The first-order valence-electron chi connectivity index (χ1n) is 10.6. The molecule has 0 bridgehead atoms. The van der Waals surface area contributed by atoms with E-state index in [1.54, 1.807) is 44.6 Å². The third-order valence-electron chi connectivity index (χ3n) is 5.93.